The molecule has 1 aromatic carbocycles. The van der Waals surface area contributed by atoms with Gasteiger partial charge in [-0.05, 0) is 24.6 Å². The SMILES string of the molecule is COc1ccc(C(C#N)N2CCN(C(=O)Cn3c(C)csc3=O)CC2)cc1. The average molecular weight is 386 g/mol. The molecule has 8 heteroatoms. The van der Waals surface area contributed by atoms with Crippen LogP contribution in [-0.2, 0) is 11.3 Å². The third kappa shape index (κ3) is 4.21. The van der Waals surface area contributed by atoms with E-state index in [0.717, 1.165) is 28.3 Å². The smallest absolute Gasteiger partial charge is 0.307 e. The minimum atomic E-state index is -0.352. The molecule has 1 amide bonds. The molecule has 3 rings (SSSR count). The molecule has 0 radical (unpaired) electrons. The predicted octanol–water partition coefficient (Wildman–Crippen LogP) is 1.64. The van der Waals surface area contributed by atoms with Gasteiger partial charge < -0.3 is 9.64 Å². The van der Waals surface area contributed by atoms with Crippen LogP contribution in [-0.4, -0.2) is 53.6 Å². The number of nitrogens with zero attached hydrogens (tertiary/aromatic N) is 4. The molecule has 1 unspecified atom stereocenters. The lowest BCUT2D eigenvalue weighted by Gasteiger charge is -2.37. The lowest BCUT2D eigenvalue weighted by molar-refractivity contribution is -0.133. The van der Waals surface area contributed by atoms with Crippen LogP contribution in [0.4, 0.5) is 0 Å². The van der Waals surface area contributed by atoms with Gasteiger partial charge in [-0.1, -0.05) is 23.5 Å². The number of benzene rings is 1. The molecule has 1 fully saturated rings. The maximum atomic E-state index is 12.5. The van der Waals surface area contributed by atoms with Crippen molar-refractivity contribution in [2.24, 2.45) is 0 Å². The van der Waals surface area contributed by atoms with Crippen LogP contribution in [0.25, 0.3) is 0 Å². The quantitative estimate of drug-likeness (QED) is 0.781. The molecule has 7 nitrogen and oxygen atoms in total. The highest BCUT2D eigenvalue weighted by Gasteiger charge is 2.27. The first-order valence-corrected chi connectivity index (χ1v) is 9.61. The van der Waals surface area contributed by atoms with E-state index in [1.54, 1.807) is 17.4 Å². The van der Waals surface area contributed by atoms with Gasteiger partial charge in [-0.25, -0.2) is 0 Å². The maximum absolute atomic E-state index is 12.5. The first-order valence-electron chi connectivity index (χ1n) is 8.74. The minimum absolute atomic E-state index is 0.0591. The van der Waals surface area contributed by atoms with E-state index >= 15 is 0 Å². The first-order chi connectivity index (χ1) is 13.0. The Balaban J connectivity index is 1.61. The fraction of sp³-hybridized carbons (Fsp3) is 0.421. The molecular weight excluding hydrogens is 364 g/mol. The molecule has 0 N–H and O–H groups in total. The lowest BCUT2D eigenvalue weighted by Crippen LogP contribution is -2.50. The number of thiazole rings is 1. The summed E-state index contributed by atoms with van der Waals surface area (Å²) < 4.78 is 6.67. The maximum Gasteiger partial charge on any atom is 0.307 e. The largest absolute Gasteiger partial charge is 0.497 e. The van der Waals surface area contributed by atoms with Crippen LogP contribution in [0.5, 0.6) is 5.75 Å². The molecule has 142 valence electrons. The molecular formula is C19H22N4O3S. The number of rotatable bonds is 5. The van der Waals surface area contributed by atoms with Gasteiger partial charge in [-0.2, -0.15) is 5.26 Å². The Labute approximate surface area is 162 Å². The number of amides is 1. The number of aromatic nitrogens is 1. The molecule has 0 bridgehead atoms. The van der Waals surface area contributed by atoms with Gasteiger partial charge in [-0.15, -0.1) is 0 Å². The van der Waals surface area contributed by atoms with Crippen LogP contribution in [0.3, 0.4) is 0 Å². The molecule has 1 aromatic heterocycles. The molecule has 1 atom stereocenters. The van der Waals surface area contributed by atoms with E-state index in [4.69, 9.17) is 4.74 Å². The fourth-order valence-corrected chi connectivity index (χ4v) is 3.95. The Bertz CT molecular complexity index is 889. The summed E-state index contributed by atoms with van der Waals surface area (Å²) in [4.78, 5) is 28.1. The summed E-state index contributed by atoms with van der Waals surface area (Å²) in [6.45, 7) is 4.24. The highest BCUT2D eigenvalue weighted by atomic mass is 32.1. The van der Waals surface area contributed by atoms with Crippen molar-refractivity contribution in [3.05, 3.63) is 50.6 Å². The van der Waals surface area contributed by atoms with E-state index < -0.39 is 0 Å². The molecule has 1 aliphatic heterocycles. The second-order valence-corrected chi connectivity index (χ2v) is 7.27. The van der Waals surface area contributed by atoms with Gasteiger partial charge in [0.05, 0.1) is 13.2 Å². The molecule has 27 heavy (non-hydrogen) atoms. The van der Waals surface area contributed by atoms with E-state index in [9.17, 15) is 14.9 Å². The summed E-state index contributed by atoms with van der Waals surface area (Å²) >= 11 is 1.11. The molecule has 2 heterocycles. The van der Waals surface area contributed by atoms with Crippen molar-refractivity contribution in [1.29, 1.82) is 5.26 Å². The normalized spacial score (nSPS) is 16.0. The Kier molecular flexibility index (Phi) is 5.94. The minimum Gasteiger partial charge on any atom is -0.497 e. The summed E-state index contributed by atoms with van der Waals surface area (Å²) in [5, 5.41) is 11.4. The van der Waals surface area contributed by atoms with Crippen LogP contribution < -0.4 is 9.61 Å². The summed E-state index contributed by atoms with van der Waals surface area (Å²) in [6.07, 6.45) is 0. The van der Waals surface area contributed by atoms with Crippen LogP contribution in [0.15, 0.2) is 34.4 Å². The number of methoxy groups -OCH3 is 1. The van der Waals surface area contributed by atoms with Crippen LogP contribution >= 0.6 is 11.3 Å². The van der Waals surface area contributed by atoms with Gasteiger partial charge >= 0.3 is 4.87 Å². The van der Waals surface area contributed by atoms with Crippen molar-refractivity contribution in [3.63, 3.8) is 0 Å². The molecule has 1 aliphatic rings. The Morgan fingerprint density at radius 1 is 1.26 bits per heavy atom. The van der Waals surface area contributed by atoms with E-state index in [1.165, 1.54) is 4.57 Å². The van der Waals surface area contributed by atoms with Crippen LogP contribution in [0.2, 0.25) is 0 Å². The molecule has 0 spiro atoms. The number of carbonyl (C=O) groups is 1. The number of hydrogen-bond donors (Lipinski definition) is 0. The summed E-state index contributed by atoms with van der Waals surface area (Å²) in [6, 6.07) is 9.50. The highest BCUT2D eigenvalue weighted by molar-refractivity contribution is 7.07. The average Bonchev–Trinajstić information content (AvgIpc) is 3.01. The number of piperazine rings is 1. The van der Waals surface area contributed by atoms with Gasteiger partial charge in [0.2, 0.25) is 5.91 Å². The Hall–Kier alpha value is -2.63. The Morgan fingerprint density at radius 3 is 2.44 bits per heavy atom. The van der Waals surface area contributed by atoms with Gasteiger partial charge in [0, 0.05) is 37.3 Å². The van der Waals surface area contributed by atoms with Gasteiger partial charge in [-0.3, -0.25) is 19.1 Å². The molecule has 2 aromatic rings. The van der Waals surface area contributed by atoms with E-state index in [1.807, 2.05) is 31.2 Å². The summed E-state index contributed by atoms with van der Waals surface area (Å²) in [5.41, 5.74) is 1.72. The Morgan fingerprint density at radius 2 is 1.93 bits per heavy atom. The lowest BCUT2D eigenvalue weighted by atomic mass is 10.1. The first kappa shape index (κ1) is 19.1. The molecule has 0 aliphatic carbocycles. The zero-order chi connectivity index (χ0) is 19.4. The van der Waals surface area contributed by atoms with Crippen LogP contribution in [0, 0.1) is 18.3 Å². The third-order valence-electron chi connectivity index (χ3n) is 4.86. The summed E-state index contributed by atoms with van der Waals surface area (Å²) in [7, 11) is 1.61. The van der Waals surface area contributed by atoms with Crippen molar-refractivity contribution in [2.45, 2.75) is 19.5 Å². The second kappa shape index (κ2) is 8.37. The van der Waals surface area contributed by atoms with Gasteiger partial charge in [0.25, 0.3) is 0 Å². The van der Waals surface area contributed by atoms with Gasteiger partial charge in [0.15, 0.2) is 0 Å². The second-order valence-electron chi connectivity index (χ2n) is 6.45. The van der Waals surface area contributed by atoms with Crippen LogP contribution in [0.1, 0.15) is 17.3 Å². The number of carbonyl (C=O) groups excluding carboxylic acids is 1. The monoisotopic (exact) mass is 386 g/mol. The number of hydrogen-bond acceptors (Lipinski definition) is 6. The number of ether oxygens (including phenoxy) is 1. The van der Waals surface area contributed by atoms with Gasteiger partial charge in [0.1, 0.15) is 18.3 Å². The standard InChI is InChI=1S/C19H22N4O3S/c1-14-13-27-19(25)23(14)12-18(24)22-9-7-21(8-10-22)17(11-20)15-3-5-16(26-2)6-4-15/h3-6,13,17H,7-10,12H2,1-2H3. The van der Waals surface area contributed by atoms with E-state index in [-0.39, 0.29) is 23.4 Å². The van der Waals surface area contributed by atoms with Crippen molar-refractivity contribution in [2.75, 3.05) is 33.3 Å². The molecule has 1 saturated heterocycles. The highest BCUT2D eigenvalue weighted by Crippen LogP contribution is 2.23. The predicted molar refractivity (Wildman–Crippen MR) is 103 cm³/mol. The topological polar surface area (TPSA) is 78.6 Å². The van der Waals surface area contributed by atoms with E-state index in [0.29, 0.717) is 26.2 Å². The zero-order valence-electron chi connectivity index (χ0n) is 15.4. The van der Waals surface area contributed by atoms with Crippen molar-refractivity contribution >= 4 is 17.2 Å². The number of nitriles is 1. The van der Waals surface area contributed by atoms with Crippen molar-refractivity contribution in [3.8, 4) is 11.8 Å². The fourth-order valence-electron chi connectivity index (χ4n) is 3.21. The molecule has 0 saturated carbocycles. The van der Waals surface area contributed by atoms with E-state index in [2.05, 4.69) is 11.0 Å². The van der Waals surface area contributed by atoms with Crippen molar-refractivity contribution in [1.82, 2.24) is 14.4 Å². The van der Waals surface area contributed by atoms with Crippen molar-refractivity contribution < 1.29 is 9.53 Å². The third-order valence-corrected chi connectivity index (χ3v) is 5.74. The number of aryl methyl sites for hydroxylation is 1. The summed E-state index contributed by atoms with van der Waals surface area (Å²) in [5.74, 6) is 0.695. The zero-order valence-corrected chi connectivity index (χ0v) is 16.2.